The minimum Gasteiger partial charge on any atom is -0.380 e. The molecule has 0 N–H and O–H groups in total. The van der Waals surface area contributed by atoms with Crippen LogP contribution in [-0.2, 0) is 14.6 Å². The van der Waals surface area contributed by atoms with Gasteiger partial charge in [-0.25, -0.2) is 12.8 Å². The summed E-state index contributed by atoms with van der Waals surface area (Å²) >= 11 is 0. The molecule has 0 aromatic heterocycles. The van der Waals surface area contributed by atoms with E-state index in [1.807, 2.05) is 6.92 Å². The van der Waals surface area contributed by atoms with Crippen LogP contribution in [0.2, 0.25) is 0 Å². The van der Waals surface area contributed by atoms with Crippen molar-refractivity contribution in [1.82, 2.24) is 0 Å². The Kier molecular flexibility index (Phi) is 4.87. The molecule has 6 heteroatoms. The molecule has 0 amide bonds. The van der Waals surface area contributed by atoms with Crippen LogP contribution in [0.25, 0.3) is 0 Å². The smallest absolute Gasteiger partial charge is 0.183 e. The lowest BCUT2D eigenvalue weighted by Gasteiger charge is -2.10. The Morgan fingerprint density at radius 1 is 1.23 bits per heavy atom. The lowest BCUT2D eigenvalue weighted by atomic mass is 10.0. The molecule has 0 bridgehead atoms. The first-order valence-electron chi connectivity index (χ1n) is 8.42. The molecule has 2 aromatic rings. The van der Waals surface area contributed by atoms with Crippen LogP contribution >= 0.6 is 0 Å². The fourth-order valence-electron chi connectivity index (χ4n) is 3.52. The average Bonchev–Trinajstić information content (AvgIpc) is 3.31. The van der Waals surface area contributed by atoms with Crippen LogP contribution in [0.15, 0.2) is 53.4 Å². The van der Waals surface area contributed by atoms with Crippen molar-refractivity contribution < 1.29 is 17.5 Å². The molecular formula is C20H20FNO3S. The number of halogens is 1. The number of ether oxygens (including phenoxy) is 1. The van der Waals surface area contributed by atoms with Gasteiger partial charge in [0, 0.05) is 12.5 Å². The van der Waals surface area contributed by atoms with E-state index in [9.17, 15) is 18.1 Å². The zero-order valence-corrected chi connectivity index (χ0v) is 15.5. The fourth-order valence-corrected chi connectivity index (χ4v) is 5.83. The molecule has 0 heterocycles. The molecule has 3 rings (SSSR count). The maximum Gasteiger partial charge on any atom is 0.183 e. The molecule has 2 aromatic carbocycles. The van der Waals surface area contributed by atoms with Crippen molar-refractivity contribution in [2.75, 3.05) is 13.2 Å². The fraction of sp³-hybridized carbons (Fsp3) is 0.350. The van der Waals surface area contributed by atoms with Crippen molar-refractivity contribution in [3.63, 3.8) is 0 Å². The molecule has 1 aliphatic rings. The summed E-state index contributed by atoms with van der Waals surface area (Å²) < 4.78 is 45.5. The minimum atomic E-state index is -3.77. The third kappa shape index (κ3) is 3.02. The molecule has 0 radical (unpaired) electrons. The largest absolute Gasteiger partial charge is 0.380 e. The second kappa shape index (κ2) is 6.82. The van der Waals surface area contributed by atoms with Gasteiger partial charge in [-0.2, -0.15) is 5.26 Å². The number of hydrogen-bond donors (Lipinski definition) is 0. The number of hydrogen-bond acceptors (Lipinski definition) is 4. The van der Waals surface area contributed by atoms with E-state index in [-0.39, 0.29) is 11.5 Å². The monoisotopic (exact) mass is 373 g/mol. The molecule has 136 valence electrons. The molecular weight excluding hydrogens is 353 g/mol. The zero-order valence-electron chi connectivity index (χ0n) is 14.6. The highest BCUT2D eigenvalue weighted by atomic mass is 32.2. The standard InChI is InChI=1S/C20H20FNO3S/c1-3-25-13-20(12-22)18(15-5-4-6-16(21)11-15)19(20)26(23,24)17-9-7-14(2)8-10-17/h4-11,18-19H,3,13H2,1-2H3/t18-,19-,20-/m1/s1. The van der Waals surface area contributed by atoms with Gasteiger partial charge in [0.25, 0.3) is 0 Å². The Hall–Kier alpha value is -2.23. The highest BCUT2D eigenvalue weighted by Gasteiger charge is 2.72. The van der Waals surface area contributed by atoms with Crippen LogP contribution in [-0.4, -0.2) is 26.9 Å². The summed E-state index contributed by atoms with van der Waals surface area (Å²) in [4.78, 5) is 0.170. The molecule has 4 nitrogen and oxygen atoms in total. The Morgan fingerprint density at radius 2 is 1.92 bits per heavy atom. The third-order valence-electron chi connectivity index (χ3n) is 4.90. The SMILES string of the molecule is CCOC[C@]1(C#N)[C@H](c2cccc(F)c2)[C@H]1S(=O)(=O)c1ccc(C)cc1. The van der Waals surface area contributed by atoms with E-state index in [1.54, 1.807) is 37.3 Å². The van der Waals surface area contributed by atoms with Gasteiger partial charge in [0.1, 0.15) is 11.2 Å². The average molecular weight is 373 g/mol. The van der Waals surface area contributed by atoms with Crippen LogP contribution in [0.5, 0.6) is 0 Å². The van der Waals surface area contributed by atoms with E-state index in [0.717, 1.165) is 5.56 Å². The van der Waals surface area contributed by atoms with Gasteiger partial charge in [-0.1, -0.05) is 29.8 Å². The van der Waals surface area contributed by atoms with E-state index in [0.29, 0.717) is 12.2 Å². The van der Waals surface area contributed by atoms with Crippen molar-refractivity contribution in [3.05, 3.63) is 65.5 Å². The first-order chi connectivity index (χ1) is 12.4. The van der Waals surface area contributed by atoms with Crippen molar-refractivity contribution in [1.29, 1.82) is 5.26 Å². The van der Waals surface area contributed by atoms with E-state index in [4.69, 9.17) is 4.74 Å². The Balaban J connectivity index is 2.07. The van der Waals surface area contributed by atoms with Gasteiger partial charge >= 0.3 is 0 Å². The van der Waals surface area contributed by atoms with Crippen molar-refractivity contribution in [3.8, 4) is 6.07 Å². The quantitative estimate of drug-likeness (QED) is 0.776. The molecule has 1 aliphatic carbocycles. The van der Waals surface area contributed by atoms with Gasteiger partial charge in [0.2, 0.25) is 0 Å². The second-order valence-electron chi connectivity index (χ2n) is 6.60. The summed E-state index contributed by atoms with van der Waals surface area (Å²) in [6, 6.07) is 14.5. The van der Waals surface area contributed by atoms with Crippen LogP contribution in [0, 0.1) is 29.5 Å². The summed E-state index contributed by atoms with van der Waals surface area (Å²) in [7, 11) is -3.77. The highest BCUT2D eigenvalue weighted by molar-refractivity contribution is 7.92. The van der Waals surface area contributed by atoms with E-state index >= 15 is 0 Å². The molecule has 0 aliphatic heterocycles. The molecule has 3 atom stereocenters. The summed E-state index contributed by atoms with van der Waals surface area (Å²) in [5, 5.41) is 8.86. The number of benzene rings is 2. The van der Waals surface area contributed by atoms with Gasteiger partial charge in [-0.05, 0) is 43.7 Å². The summed E-state index contributed by atoms with van der Waals surface area (Å²) in [6.07, 6.45) is 0. The van der Waals surface area contributed by atoms with Crippen LogP contribution in [0.1, 0.15) is 24.0 Å². The normalized spacial score (nSPS) is 24.8. The minimum absolute atomic E-state index is 0.00304. The number of sulfone groups is 1. The topological polar surface area (TPSA) is 67.2 Å². The van der Waals surface area contributed by atoms with Gasteiger partial charge in [0.05, 0.1) is 22.8 Å². The van der Waals surface area contributed by atoms with Gasteiger partial charge in [-0.15, -0.1) is 0 Å². The first-order valence-corrected chi connectivity index (χ1v) is 9.96. The lowest BCUT2D eigenvalue weighted by Crippen LogP contribution is -2.19. The second-order valence-corrected chi connectivity index (χ2v) is 8.67. The summed E-state index contributed by atoms with van der Waals surface area (Å²) in [6.45, 7) is 4.03. The Morgan fingerprint density at radius 3 is 2.50 bits per heavy atom. The summed E-state index contributed by atoms with van der Waals surface area (Å²) in [5.74, 6) is -1.08. The van der Waals surface area contributed by atoms with Crippen LogP contribution in [0.4, 0.5) is 4.39 Å². The van der Waals surface area contributed by atoms with Crippen molar-refractivity contribution in [2.45, 2.75) is 29.9 Å². The Labute approximate surface area is 153 Å². The van der Waals surface area contributed by atoms with E-state index in [2.05, 4.69) is 6.07 Å². The highest BCUT2D eigenvalue weighted by Crippen LogP contribution is 2.63. The van der Waals surface area contributed by atoms with Crippen molar-refractivity contribution >= 4 is 9.84 Å². The summed E-state index contributed by atoms with van der Waals surface area (Å²) in [5.41, 5.74) is 0.238. The van der Waals surface area contributed by atoms with Gasteiger partial charge in [-0.3, -0.25) is 0 Å². The number of aryl methyl sites for hydroxylation is 1. The number of nitriles is 1. The number of rotatable bonds is 6. The van der Waals surface area contributed by atoms with Crippen molar-refractivity contribution in [2.24, 2.45) is 5.41 Å². The van der Waals surface area contributed by atoms with E-state index in [1.165, 1.54) is 18.2 Å². The van der Waals surface area contributed by atoms with E-state index < -0.39 is 32.2 Å². The lowest BCUT2D eigenvalue weighted by molar-refractivity contribution is 0.117. The van der Waals surface area contributed by atoms with Crippen LogP contribution < -0.4 is 0 Å². The molecule has 1 saturated carbocycles. The van der Waals surface area contributed by atoms with Gasteiger partial charge in [0.15, 0.2) is 9.84 Å². The number of nitrogens with zero attached hydrogens (tertiary/aromatic N) is 1. The predicted molar refractivity (Wildman–Crippen MR) is 95.8 cm³/mol. The third-order valence-corrected chi connectivity index (χ3v) is 7.19. The Bertz CT molecular complexity index is 950. The molecule has 0 spiro atoms. The van der Waals surface area contributed by atoms with Gasteiger partial charge < -0.3 is 4.74 Å². The predicted octanol–water partition coefficient (Wildman–Crippen LogP) is 3.62. The van der Waals surface area contributed by atoms with Crippen LogP contribution in [0.3, 0.4) is 0 Å². The molecule has 0 unspecified atom stereocenters. The molecule has 26 heavy (non-hydrogen) atoms. The zero-order chi connectivity index (χ0) is 18.9. The maximum atomic E-state index is 13.7. The first kappa shape index (κ1) is 18.6. The molecule has 1 fully saturated rings. The maximum absolute atomic E-state index is 13.7. The molecule has 0 saturated heterocycles.